The molecule has 0 aliphatic carbocycles. The molecule has 0 bridgehead atoms. The Morgan fingerprint density at radius 1 is 0.697 bits per heavy atom. The van der Waals surface area contributed by atoms with Crippen LogP contribution >= 0.6 is 58.0 Å². The van der Waals surface area contributed by atoms with Crippen LogP contribution in [0.3, 0.4) is 0 Å². The molecular weight excluding hydrogens is 636 g/mol. The highest BCUT2D eigenvalue weighted by Gasteiger charge is 2.80. The minimum Gasteiger partial charge on any atom is -0.246 e. The quantitative estimate of drug-likeness (QED) is 0.171. The smallest absolute Gasteiger partial charge is 0.246 e. The van der Waals surface area contributed by atoms with Gasteiger partial charge in [0.2, 0.25) is 10.3 Å². The van der Waals surface area contributed by atoms with Gasteiger partial charge in [-0.3, -0.25) is 0 Å². The Hall–Kier alpha value is 0.450. The molecule has 0 aromatic rings. The first-order valence-electron chi connectivity index (χ1n) is 6.99. The van der Waals surface area contributed by atoms with E-state index < -0.39 is 74.8 Å². The fourth-order valence-corrected chi connectivity index (χ4v) is 2.11. The SMILES string of the molecule is FCC(F)(Cl)CC(F)(Cl)CCl.FCC(F)(F)Cl.FCC(F)(F)Cl.O=S1(=O)OC(F)(F)C1(F)F. The Labute approximate surface area is 202 Å². The van der Waals surface area contributed by atoms with E-state index in [1.165, 1.54) is 0 Å². The van der Waals surface area contributed by atoms with E-state index in [1.54, 1.807) is 0 Å². The maximum atomic E-state index is 12.6. The minimum absolute atomic E-state index is 0.632. The van der Waals surface area contributed by atoms with E-state index in [0.29, 0.717) is 0 Å². The highest BCUT2D eigenvalue weighted by Crippen LogP contribution is 2.51. The average molecular weight is 647 g/mol. The minimum atomic E-state index is -5.35. The maximum Gasteiger partial charge on any atom is 0.461 e. The monoisotopic (exact) mass is 644 g/mol. The van der Waals surface area contributed by atoms with E-state index in [9.17, 15) is 65.5 Å². The Bertz CT molecular complexity index is 640. The van der Waals surface area contributed by atoms with Crippen molar-refractivity contribution in [2.45, 2.75) is 38.8 Å². The van der Waals surface area contributed by atoms with Gasteiger partial charge >= 0.3 is 32.2 Å². The number of alkyl halides is 18. The molecule has 0 amide bonds. The van der Waals surface area contributed by atoms with Crippen LogP contribution in [0.5, 0.6) is 0 Å². The number of hydrogen-bond acceptors (Lipinski definition) is 3. The van der Waals surface area contributed by atoms with Crippen LogP contribution in [-0.4, -0.2) is 66.7 Å². The summed E-state index contributed by atoms with van der Waals surface area (Å²) in [5.41, 5.74) is 0. The first-order valence-corrected chi connectivity index (χ1v) is 10.4. The average Bonchev–Trinajstić information content (AvgIpc) is 2.60. The molecule has 3 nitrogen and oxygen atoms in total. The molecule has 0 spiro atoms. The van der Waals surface area contributed by atoms with Crippen molar-refractivity contribution in [1.29, 1.82) is 0 Å². The van der Waals surface area contributed by atoms with Gasteiger partial charge in [-0.1, -0.05) is 23.2 Å². The van der Waals surface area contributed by atoms with Crippen LogP contribution in [-0.2, 0) is 14.3 Å². The van der Waals surface area contributed by atoms with Gasteiger partial charge in [0, 0.05) is 6.42 Å². The zero-order valence-corrected chi connectivity index (χ0v) is 19.6. The lowest BCUT2D eigenvalue weighted by atomic mass is 10.2. The Kier molecular flexibility index (Phi) is 15.7. The Morgan fingerprint density at radius 2 is 1.00 bits per heavy atom. The predicted molar refractivity (Wildman–Crippen MR) is 94.1 cm³/mol. The topological polar surface area (TPSA) is 43.4 Å². The summed E-state index contributed by atoms with van der Waals surface area (Å²) in [5.74, 6) is -0.632. The Morgan fingerprint density at radius 3 is 1.09 bits per heavy atom. The van der Waals surface area contributed by atoms with Crippen LogP contribution in [0.4, 0.5) is 57.1 Å². The van der Waals surface area contributed by atoms with Crippen molar-refractivity contribution in [2.24, 2.45) is 0 Å². The summed E-state index contributed by atoms with van der Waals surface area (Å²) in [6.07, 6.45) is -5.84. The lowest BCUT2D eigenvalue weighted by Crippen LogP contribution is -2.61. The van der Waals surface area contributed by atoms with Crippen LogP contribution in [0.15, 0.2) is 0 Å². The van der Waals surface area contributed by atoms with Gasteiger partial charge < -0.3 is 0 Å². The van der Waals surface area contributed by atoms with Gasteiger partial charge in [0.05, 0.1) is 5.88 Å². The molecule has 1 aliphatic rings. The van der Waals surface area contributed by atoms with Crippen molar-refractivity contribution < 1.29 is 69.7 Å². The van der Waals surface area contributed by atoms with Crippen LogP contribution in [0.1, 0.15) is 6.42 Å². The number of hydrogen-bond donors (Lipinski definition) is 0. The molecule has 0 aromatic carbocycles. The lowest BCUT2D eigenvalue weighted by Gasteiger charge is -2.32. The largest absolute Gasteiger partial charge is 0.461 e. The van der Waals surface area contributed by atoms with Gasteiger partial charge in [-0.05, 0) is 23.2 Å². The standard InChI is InChI=1S/C5H6Cl3F3.2C2H2ClF3.C2F4O3S/c6-2-4(7,10)1-5(8,11)3-9;2*3-2(5,6)1-4;3-1(4)2(5,6)10(7,8)9-1/h1-3H2;2*1H2;. The van der Waals surface area contributed by atoms with Gasteiger partial charge in [-0.25, -0.2) is 22.0 Å². The molecule has 2 atom stereocenters. The third kappa shape index (κ3) is 16.7. The molecule has 0 radical (unpaired) electrons. The van der Waals surface area contributed by atoms with Crippen LogP contribution in [0, 0.1) is 0 Å². The van der Waals surface area contributed by atoms with Crippen molar-refractivity contribution in [3.63, 3.8) is 0 Å². The Balaban J connectivity index is -0.000000378. The van der Waals surface area contributed by atoms with Crippen LogP contribution in [0.25, 0.3) is 0 Å². The zero-order valence-electron chi connectivity index (χ0n) is 15.0. The second-order valence-electron chi connectivity index (χ2n) is 5.22. The molecule has 0 N–H and O–H groups in total. The van der Waals surface area contributed by atoms with E-state index in [4.69, 9.17) is 34.8 Å². The summed E-state index contributed by atoms with van der Waals surface area (Å²) in [4.78, 5) is 0. The molecule has 2 unspecified atom stereocenters. The predicted octanol–water partition coefficient (Wildman–Crippen LogP) is 7.50. The fourth-order valence-electron chi connectivity index (χ4n) is 0.823. The summed E-state index contributed by atoms with van der Waals surface area (Å²) in [7, 11) is -5.35. The van der Waals surface area contributed by atoms with Crippen molar-refractivity contribution in [1.82, 2.24) is 0 Å². The van der Waals surface area contributed by atoms with E-state index >= 15 is 0 Å². The normalized spacial score (nSPS) is 21.8. The molecule has 1 aliphatic heterocycles. The molecule has 33 heavy (non-hydrogen) atoms. The summed E-state index contributed by atoms with van der Waals surface area (Å²) in [6.45, 7) is -5.09. The molecular formula is C11H10Cl5F13O3S. The van der Waals surface area contributed by atoms with E-state index in [-0.39, 0.29) is 0 Å². The summed E-state index contributed by atoms with van der Waals surface area (Å²) in [5, 5.41) is -17.6. The summed E-state index contributed by atoms with van der Waals surface area (Å²) in [6, 6.07) is 0. The molecule has 1 saturated heterocycles. The second kappa shape index (κ2) is 13.7. The highest BCUT2D eigenvalue weighted by molar-refractivity contribution is 7.89. The van der Waals surface area contributed by atoms with Gasteiger partial charge in [0.1, 0.15) is 6.67 Å². The van der Waals surface area contributed by atoms with E-state index in [2.05, 4.69) is 27.4 Å². The first-order chi connectivity index (χ1) is 14.2. The van der Waals surface area contributed by atoms with Crippen LogP contribution < -0.4 is 0 Å². The fraction of sp³-hybridized carbons (Fsp3) is 1.00. The van der Waals surface area contributed by atoms with Gasteiger partial charge in [-0.15, -0.1) is 11.6 Å². The van der Waals surface area contributed by atoms with Gasteiger partial charge in [-0.2, -0.15) is 47.7 Å². The van der Waals surface area contributed by atoms with Crippen molar-refractivity contribution >= 4 is 68.1 Å². The zero-order chi connectivity index (χ0) is 27.7. The third-order valence-electron chi connectivity index (χ3n) is 2.08. The van der Waals surface area contributed by atoms with Crippen LogP contribution in [0.2, 0.25) is 0 Å². The molecule has 1 rings (SSSR count). The van der Waals surface area contributed by atoms with Crippen molar-refractivity contribution in [3.8, 4) is 0 Å². The van der Waals surface area contributed by atoms with Crippen molar-refractivity contribution in [3.05, 3.63) is 0 Å². The lowest BCUT2D eigenvalue weighted by molar-refractivity contribution is -0.315. The molecule has 0 aromatic heterocycles. The van der Waals surface area contributed by atoms with Gasteiger partial charge in [0.15, 0.2) is 13.3 Å². The van der Waals surface area contributed by atoms with E-state index in [0.717, 1.165) is 0 Å². The number of halogens is 18. The molecule has 22 heteroatoms. The molecule has 204 valence electrons. The summed E-state index contributed by atoms with van der Waals surface area (Å²) >= 11 is 22.9. The highest BCUT2D eigenvalue weighted by atomic mass is 35.5. The maximum absolute atomic E-state index is 12.6. The molecule has 1 fully saturated rings. The molecule has 1 heterocycles. The second-order valence-corrected chi connectivity index (χ2v) is 9.54. The third-order valence-corrected chi connectivity index (χ3v) is 4.64. The van der Waals surface area contributed by atoms with E-state index in [1.807, 2.05) is 0 Å². The number of rotatable bonds is 6. The summed E-state index contributed by atoms with van der Waals surface area (Å²) < 4.78 is 170. The van der Waals surface area contributed by atoms with Gasteiger partial charge in [0.25, 0.3) is 0 Å². The first kappa shape index (κ1) is 38.0. The van der Waals surface area contributed by atoms with Crippen molar-refractivity contribution in [2.75, 3.05) is 25.9 Å². The molecule has 0 saturated carbocycles.